The van der Waals surface area contributed by atoms with Crippen molar-refractivity contribution in [3.63, 3.8) is 0 Å². The van der Waals surface area contributed by atoms with Crippen molar-refractivity contribution in [2.75, 3.05) is 19.6 Å². The molecular formula is C17H26N4O2. The van der Waals surface area contributed by atoms with Crippen molar-refractivity contribution in [3.05, 3.63) is 35.9 Å². The van der Waals surface area contributed by atoms with Crippen molar-refractivity contribution in [1.82, 2.24) is 21.1 Å². The Morgan fingerprint density at radius 3 is 2.52 bits per heavy atom. The number of benzene rings is 1. The van der Waals surface area contributed by atoms with E-state index in [4.69, 9.17) is 0 Å². The summed E-state index contributed by atoms with van der Waals surface area (Å²) in [5.41, 5.74) is 7.73. The fraction of sp³-hybridized carbons (Fsp3) is 0.529. The molecule has 1 fully saturated rings. The highest BCUT2D eigenvalue weighted by Gasteiger charge is 2.25. The number of imide groups is 1. The van der Waals surface area contributed by atoms with E-state index in [0.717, 1.165) is 25.8 Å². The Morgan fingerprint density at radius 2 is 1.87 bits per heavy atom. The number of carbonyl (C=O) groups is 2. The molecule has 6 nitrogen and oxygen atoms in total. The number of rotatable bonds is 9. The van der Waals surface area contributed by atoms with Crippen molar-refractivity contribution in [1.29, 1.82) is 0 Å². The molecule has 0 aromatic heterocycles. The highest BCUT2D eigenvalue weighted by Crippen LogP contribution is 2.18. The third-order valence-corrected chi connectivity index (χ3v) is 3.99. The number of urea groups is 1. The Morgan fingerprint density at radius 1 is 1.13 bits per heavy atom. The minimum absolute atomic E-state index is 0.130. The van der Waals surface area contributed by atoms with Crippen LogP contribution in [0.5, 0.6) is 0 Å². The molecule has 0 bridgehead atoms. The number of unbranched alkanes of at least 4 members (excludes halogenated alkanes) is 2. The average Bonchev–Trinajstić information content (AvgIpc) is 2.85. The van der Waals surface area contributed by atoms with E-state index in [-0.39, 0.29) is 24.0 Å². The summed E-state index contributed by atoms with van der Waals surface area (Å²) in [6, 6.07) is 10.0. The molecule has 3 amide bonds. The second-order valence-electron chi connectivity index (χ2n) is 6.38. The smallest absolute Gasteiger partial charge is 0.315 e. The molecule has 0 aliphatic carbocycles. The summed E-state index contributed by atoms with van der Waals surface area (Å²) >= 11 is 0. The van der Waals surface area contributed by atoms with Gasteiger partial charge in [-0.2, -0.15) is 0 Å². The Hall–Kier alpha value is -1.92. The van der Waals surface area contributed by atoms with E-state index >= 15 is 0 Å². The summed E-state index contributed by atoms with van der Waals surface area (Å²) in [6.07, 6.45) is 2.93. The van der Waals surface area contributed by atoms with E-state index < -0.39 is 0 Å². The summed E-state index contributed by atoms with van der Waals surface area (Å²) in [4.78, 5) is 24.0. The molecule has 1 saturated heterocycles. The minimum Gasteiger partial charge on any atom is -0.315 e. The van der Waals surface area contributed by atoms with Gasteiger partial charge in [0.05, 0.1) is 5.54 Å². The highest BCUT2D eigenvalue weighted by molar-refractivity contribution is 6.01. The van der Waals surface area contributed by atoms with Crippen LogP contribution in [0.3, 0.4) is 0 Å². The van der Waals surface area contributed by atoms with Crippen LogP contribution in [0, 0.1) is 0 Å². The van der Waals surface area contributed by atoms with Gasteiger partial charge in [0, 0.05) is 13.1 Å². The van der Waals surface area contributed by atoms with Crippen LogP contribution < -0.4 is 16.2 Å². The third-order valence-electron chi connectivity index (χ3n) is 3.99. The predicted molar refractivity (Wildman–Crippen MR) is 89.6 cm³/mol. The maximum absolute atomic E-state index is 11.4. The van der Waals surface area contributed by atoms with Gasteiger partial charge in [-0.3, -0.25) is 15.5 Å². The number of amides is 3. The van der Waals surface area contributed by atoms with Gasteiger partial charge in [-0.05, 0) is 32.3 Å². The first-order valence-electron chi connectivity index (χ1n) is 8.13. The van der Waals surface area contributed by atoms with E-state index in [1.54, 1.807) is 4.90 Å². The van der Waals surface area contributed by atoms with E-state index in [0.29, 0.717) is 6.54 Å². The monoisotopic (exact) mass is 318 g/mol. The number of hydrazine groups is 1. The lowest BCUT2D eigenvalue weighted by atomic mass is 9.95. The van der Waals surface area contributed by atoms with Gasteiger partial charge in [0.2, 0.25) is 5.91 Å². The van der Waals surface area contributed by atoms with Crippen LogP contribution in [0.2, 0.25) is 0 Å². The molecule has 1 aliphatic heterocycles. The zero-order valence-corrected chi connectivity index (χ0v) is 13.9. The number of carbonyl (C=O) groups excluding carboxylic acids is 2. The number of hydrogen-bond donors (Lipinski definition) is 3. The predicted octanol–water partition coefficient (Wildman–Crippen LogP) is 1.74. The largest absolute Gasteiger partial charge is 0.324 e. The second kappa shape index (κ2) is 8.08. The molecule has 0 spiro atoms. The Labute approximate surface area is 137 Å². The minimum atomic E-state index is -0.264. The van der Waals surface area contributed by atoms with Crippen LogP contribution in [0.1, 0.15) is 38.7 Å². The summed E-state index contributed by atoms with van der Waals surface area (Å²) < 4.78 is 0. The van der Waals surface area contributed by atoms with Crippen LogP contribution in [-0.2, 0) is 10.3 Å². The van der Waals surface area contributed by atoms with Crippen LogP contribution in [0.25, 0.3) is 0 Å². The van der Waals surface area contributed by atoms with Gasteiger partial charge in [-0.15, -0.1) is 0 Å². The standard InChI is InChI=1S/C17H26N4O2/c1-17(2,14-9-5-3-6-10-14)20-18-11-7-4-8-12-21-13-15(22)19-16(21)23/h3,5-6,9-10,18,20H,4,7-8,11-13H2,1-2H3,(H,19,22,23). The molecule has 2 rings (SSSR count). The van der Waals surface area contributed by atoms with Gasteiger partial charge in [0.1, 0.15) is 6.54 Å². The fourth-order valence-corrected chi connectivity index (χ4v) is 2.57. The number of nitrogens with zero attached hydrogens (tertiary/aromatic N) is 1. The lowest BCUT2D eigenvalue weighted by molar-refractivity contribution is -0.118. The summed E-state index contributed by atoms with van der Waals surface area (Å²) in [5, 5.41) is 2.29. The third kappa shape index (κ3) is 5.33. The Kier molecular flexibility index (Phi) is 6.12. The van der Waals surface area contributed by atoms with E-state index in [1.807, 2.05) is 18.2 Å². The lowest BCUT2D eigenvalue weighted by Crippen LogP contribution is -2.46. The van der Waals surface area contributed by atoms with E-state index in [9.17, 15) is 9.59 Å². The molecule has 0 radical (unpaired) electrons. The molecule has 6 heteroatoms. The highest BCUT2D eigenvalue weighted by atomic mass is 16.2. The zero-order valence-electron chi connectivity index (χ0n) is 13.9. The van der Waals surface area contributed by atoms with Crippen LogP contribution in [0.4, 0.5) is 4.79 Å². The quantitative estimate of drug-likeness (QED) is 0.368. The number of nitrogens with one attached hydrogen (secondary N) is 3. The average molecular weight is 318 g/mol. The van der Waals surface area contributed by atoms with Gasteiger partial charge < -0.3 is 4.90 Å². The Bertz CT molecular complexity index is 531. The van der Waals surface area contributed by atoms with Gasteiger partial charge in [-0.25, -0.2) is 10.2 Å². The summed E-state index contributed by atoms with van der Waals surface area (Å²) in [6.45, 7) is 5.97. The van der Waals surface area contributed by atoms with Gasteiger partial charge in [0.25, 0.3) is 0 Å². The maximum atomic E-state index is 11.4. The summed E-state index contributed by atoms with van der Waals surface area (Å²) in [5.74, 6) is -0.205. The normalized spacial score (nSPS) is 15.1. The van der Waals surface area contributed by atoms with Crippen LogP contribution in [-0.4, -0.2) is 36.5 Å². The van der Waals surface area contributed by atoms with Gasteiger partial charge in [-0.1, -0.05) is 36.8 Å². The molecule has 3 N–H and O–H groups in total. The molecule has 126 valence electrons. The van der Waals surface area contributed by atoms with Gasteiger partial charge in [0.15, 0.2) is 0 Å². The molecule has 1 aromatic carbocycles. The molecule has 0 unspecified atom stereocenters. The molecule has 23 heavy (non-hydrogen) atoms. The Balaban J connectivity index is 1.56. The first kappa shape index (κ1) is 17.4. The van der Waals surface area contributed by atoms with Crippen molar-refractivity contribution in [3.8, 4) is 0 Å². The summed E-state index contributed by atoms with van der Waals surface area (Å²) in [7, 11) is 0. The molecule has 0 saturated carbocycles. The second-order valence-corrected chi connectivity index (χ2v) is 6.38. The molecule has 1 heterocycles. The fourth-order valence-electron chi connectivity index (χ4n) is 2.57. The topological polar surface area (TPSA) is 73.5 Å². The molecule has 0 atom stereocenters. The SMILES string of the molecule is CC(C)(NNCCCCCN1CC(=O)NC1=O)c1ccccc1. The molecule has 1 aliphatic rings. The molecule has 1 aromatic rings. The van der Waals surface area contributed by atoms with Crippen molar-refractivity contribution >= 4 is 11.9 Å². The van der Waals surface area contributed by atoms with Crippen molar-refractivity contribution < 1.29 is 9.59 Å². The number of hydrogen-bond acceptors (Lipinski definition) is 4. The van der Waals surface area contributed by atoms with Crippen molar-refractivity contribution in [2.24, 2.45) is 0 Å². The van der Waals surface area contributed by atoms with Crippen molar-refractivity contribution in [2.45, 2.75) is 38.6 Å². The maximum Gasteiger partial charge on any atom is 0.324 e. The van der Waals surface area contributed by atoms with Gasteiger partial charge >= 0.3 is 6.03 Å². The van der Waals surface area contributed by atoms with E-state index in [2.05, 4.69) is 42.1 Å². The first-order valence-corrected chi connectivity index (χ1v) is 8.13. The van der Waals surface area contributed by atoms with E-state index in [1.165, 1.54) is 5.56 Å². The lowest BCUT2D eigenvalue weighted by Gasteiger charge is -2.27. The van der Waals surface area contributed by atoms with Crippen LogP contribution >= 0.6 is 0 Å². The van der Waals surface area contributed by atoms with Crippen LogP contribution in [0.15, 0.2) is 30.3 Å². The zero-order chi connectivity index (χ0) is 16.7. The first-order chi connectivity index (χ1) is 11.0. The molecular weight excluding hydrogens is 292 g/mol.